The first-order valence-electron chi connectivity index (χ1n) is 7.50. The number of halogens is 2. The first kappa shape index (κ1) is 22.8. The molecular weight excluding hydrogens is 427 g/mol. The van der Waals surface area contributed by atoms with E-state index in [9.17, 15) is 0 Å². The lowest BCUT2D eigenvalue weighted by Crippen LogP contribution is -2.14. The number of hydrogen-bond donors (Lipinski definition) is 0. The summed E-state index contributed by atoms with van der Waals surface area (Å²) in [6, 6.07) is 0. The minimum atomic E-state index is 0.514. The van der Waals surface area contributed by atoms with E-state index in [1.165, 1.54) is 0 Å². The molecular formula is C14H28ClIO6. The van der Waals surface area contributed by atoms with Gasteiger partial charge in [-0.3, -0.25) is 0 Å². The van der Waals surface area contributed by atoms with Crippen molar-refractivity contribution in [1.29, 1.82) is 0 Å². The molecule has 134 valence electrons. The van der Waals surface area contributed by atoms with Gasteiger partial charge in [0.2, 0.25) is 0 Å². The van der Waals surface area contributed by atoms with E-state index in [0.29, 0.717) is 78.6 Å². The SMILES string of the molecule is ClCCOCCOCCOCCOCCOCCOCCI. The maximum absolute atomic E-state index is 5.47. The molecule has 0 aliphatic rings. The standard InChI is InChI=1S/C14H28ClIO6/c15-1-3-17-5-7-19-9-11-21-13-14-22-12-10-20-8-6-18-4-2-16/h1-14H2. The van der Waals surface area contributed by atoms with Crippen molar-refractivity contribution < 1.29 is 28.4 Å². The van der Waals surface area contributed by atoms with E-state index in [1.54, 1.807) is 0 Å². The Morgan fingerprint density at radius 1 is 0.455 bits per heavy atom. The number of ether oxygens (including phenoxy) is 6. The molecule has 0 aliphatic heterocycles. The Morgan fingerprint density at radius 2 is 0.727 bits per heavy atom. The molecule has 0 radical (unpaired) electrons. The minimum Gasteiger partial charge on any atom is -0.378 e. The predicted molar refractivity (Wildman–Crippen MR) is 94.5 cm³/mol. The summed E-state index contributed by atoms with van der Waals surface area (Å²) in [5, 5.41) is 0. The summed E-state index contributed by atoms with van der Waals surface area (Å²) in [5.41, 5.74) is 0. The van der Waals surface area contributed by atoms with Crippen LogP contribution in [-0.2, 0) is 28.4 Å². The zero-order valence-electron chi connectivity index (χ0n) is 13.1. The van der Waals surface area contributed by atoms with Gasteiger partial charge in [0.1, 0.15) is 0 Å². The van der Waals surface area contributed by atoms with Crippen LogP contribution in [0.2, 0.25) is 0 Å². The van der Waals surface area contributed by atoms with Gasteiger partial charge in [-0.25, -0.2) is 0 Å². The van der Waals surface area contributed by atoms with Crippen molar-refractivity contribution >= 4 is 34.2 Å². The van der Waals surface area contributed by atoms with E-state index >= 15 is 0 Å². The highest BCUT2D eigenvalue weighted by molar-refractivity contribution is 14.1. The Morgan fingerprint density at radius 3 is 1.00 bits per heavy atom. The Hall–Kier alpha value is 0.780. The molecule has 0 rings (SSSR count). The third kappa shape index (κ3) is 20.8. The Bertz CT molecular complexity index is 182. The Balaban J connectivity index is 2.91. The second-order valence-electron chi connectivity index (χ2n) is 4.05. The number of alkyl halides is 2. The van der Waals surface area contributed by atoms with Crippen LogP contribution in [0.5, 0.6) is 0 Å². The quantitative estimate of drug-likeness (QED) is 0.168. The molecule has 0 aromatic carbocycles. The van der Waals surface area contributed by atoms with Crippen molar-refractivity contribution in [3.63, 3.8) is 0 Å². The molecule has 0 N–H and O–H groups in total. The number of rotatable bonds is 19. The summed E-state index contributed by atoms with van der Waals surface area (Å²) in [7, 11) is 0. The fourth-order valence-electron chi connectivity index (χ4n) is 1.31. The first-order chi connectivity index (χ1) is 10.9. The van der Waals surface area contributed by atoms with Crippen LogP contribution in [0, 0.1) is 0 Å². The highest BCUT2D eigenvalue weighted by Crippen LogP contribution is 1.86. The Kier molecular flexibility index (Phi) is 22.6. The van der Waals surface area contributed by atoms with Crippen LogP contribution in [0.1, 0.15) is 0 Å². The third-order valence-electron chi connectivity index (χ3n) is 2.30. The van der Waals surface area contributed by atoms with Crippen LogP contribution in [0.3, 0.4) is 0 Å². The van der Waals surface area contributed by atoms with Gasteiger partial charge in [-0.05, 0) is 0 Å². The fourth-order valence-corrected chi connectivity index (χ4v) is 1.73. The molecule has 0 bridgehead atoms. The monoisotopic (exact) mass is 454 g/mol. The summed E-state index contributed by atoms with van der Waals surface area (Å²) in [4.78, 5) is 0. The molecule has 0 saturated carbocycles. The highest BCUT2D eigenvalue weighted by Gasteiger charge is 1.93. The molecule has 0 spiro atoms. The molecule has 8 heteroatoms. The van der Waals surface area contributed by atoms with Gasteiger partial charge >= 0.3 is 0 Å². The van der Waals surface area contributed by atoms with E-state index in [-0.39, 0.29) is 0 Å². The lowest BCUT2D eigenvalue weighted by molar-refractivity contribution is -0.0154. The van der Waals surface area contributed by atoms with Gasteiger partial charge in [0, 0.05) is 10.3 Å². The molecule has 22 heavy (non-hydrogen) atoms. The second-order valence-corrected chi connectivity index (χ2v) is 5.51. The van der Waals surface area contributed by atoms with E-state index in [2.05, 4.69) is 22.6 Å². The summed E-state index contributed by atoms with van der Waals surface area (Å²) in [6.45, 7) is 7.13. The smallest absolute Gasteiger partial charge is 0.0701 e. The van der Waals surface area contributed by atoms with Gasteiger partial charge in [-0.15, -0.1) is 11.6 Å². The maximum atomic E-state index is 5.47. The predicted octanol–water partition coefficient (Wildman–Crippen LogP) is 1.76. The molecule has 0 aromatic rings. The molecule has 6 nitrogen and oxygen atoms in total. The van der Waals surface area contributed by atoms with Gasteiger partial charge in [-0.1, -0.05) is 22.6 Å². The van der Waals surface area contributed by atoms with E-state index in [4.69, 9.17) is 40.0 Å². The van der Waals surface area contributed by atoms with Crippen LogP contribution in [0.15, 0.2) is 0 Å². The van der Waals surface area contributed by atoms with Crippen LogP contribution in [0.25, 0.3) is 0 Å². The normalized spacial score (nSPS) is 11.2. The van der Waals surface area contributed by atoms with Crippen LogP contribution >= 0.6 is 34.2 Å². The molecule has 0 aliphatic carbocycles. The third-order valence-corrected chi connectivity index (χ3v) is 2.90. The average molecular weight is 455 g/mol. The van der Waals surface area contributed by atoms with Crippen molar-refractivity contribution in [2.75, 3.05) is 89.6 Å². The van der Waals surface area contributed by atoms with E-state index < -0.39 is 0 Å². The van der Waals surface area contributed by atoms with Crippen LogP contribution in [0.4, 0.5) is 0 Å². The molecule has 0 heterocycles. The lowest BCUT2D eigenvalue weighted by atomic mass is 10.7. The summed E-state index contributed by atoms with van der Waals surface area (Å²) in [6.07, 6.45) is 0. The average Bonchev–Trinajstić information content (AvgIpc) is 2.54. The summed E-state index contributed by atoms with van der Waals surface area (Å²) >= 11 is 7.74. The number of hydrogen-bond acceptors (Lipinski definition) is 6. The summed E-state index contributed by atoms with van der Waals surface area (Å²) in [5.74, 6) is 0.514. The zero-order valence-corrected chi connectivity index (χ0v) is 16.0. The maximum Gasteiger partial charge on any atom is 0.0701 e. The van der Waals surface area contributed by atoms with Crippen molar-refractivity contribution in [3.8, 4) is 0 Å². The van der Waals surface area contributed by atoms with Gasteiger partial charge < -0.3 is 28.4 Å². The van der Waals surface area contributed by atoms with Gasteiger partial charge in [0.15, 0.2) is 0 Å². The van der Waals surface area contributed by atoms with Crippen LogP contribution < -0.4 is 0 Å². The van der Waals surface area contributed by atoms with E-state index in [1.807, 2.05) is 0 Å². The van der Waals surface area contributed by atoms with Crippen LogP contribution in [-0.4, -0.2) is 89.6 Å². The van der Waals surface area contributed by atoms with Crippen molar-refractivity contribution in [2.45, 2.75) is 0 Å². The molecule has 0 saturated heterocycles. The Labute approximate surface area is 152 Å². The summed E-state index contributed by atoms with van der Waals surface area (Å²) < 4.78 is 32.8. The van der Waals surface area contributed by atoms with Crippen molar-refractivity contribution in [1.82, 2.24) is 0 Å². The van der Waals surface area contributed by atoms with Crippen molar-refractivity contribution in [3.05, 3.63) is 0 Å². The minimum absolute atomic E-state index is 0.514. The highest BCUT2D eigenvalue weighted by atomic mass is 127. The van der Waals surface area contributed by atoms with Gasteiger partial charge in [0.05, 0.1) is 79.3 Å². The van der Waals surface area contributed by atoms with Crippen molar-refractivity contribution in [2.24, 2.45) is 0 Å². The zero-order chi connectivity index (χ0) is 16.1. The first-order valence-corrected chi connectivity index (χ1v) is 9.56. The van der Waals surface area contributed by atoms with Gasteiger partial charge in [0.25, 0.3) is 0 Å². The lowest BCUT2D eigenvalue weighted by Gasteiger charge is -2.07. The molecule has 0 atom stereocenters. The largest absolute Gasteiger partial charge is 0.378 e. The fraction of sp³-hybridized carbons (Fsp3) is 1.00. The van der Waals surface area contributed by atoms with E-state index in [0.717, 1.165) is 11.0 Å². The molecule has 0 aromatic heterocycles. The molecule has 0 unspecified atom stereocenters. The topological polar surface area (TPSA) is 55.4 Å². The molecule has 0 fully saturated rings. The second kappa shape index (κ2) is 21.8. The molecule has 0 amide bonds. The van der Waals surface area contributed by atoms with Gasteiger partial charge in [-0.2, -0.15) is 0 Å².